The Hall–Kier alpha value is -1.05. The second-order valence-electron chi connectivity index (χ2n) is 4.89. The Balaban J connectivity index is 2.07. The van der Waals surface area contributed by atoms with Crippen LogP contribution in [0, 0.1) is 16.7 Å². The van der Waals surface area contributed by atoms with E-state index < -0.39 is 0 Å². The van der Waals surface area contributed by atoms with Gasteiger partial charge in [0.25, 0.3) is 0 Å². The van der Waals surface area contributed by atoms with Crippen LogP contribution < -0.4 is 10.5 Å². The van der Waals surface area contributed by atoms with Gasteiger partial charge in [0.1, 0.15) is 5.75 Å². The molecule has 0 unspecified atom stereocenters. The molecule has 0 aliphatic heterocycles. The van der Waals surface area contributed by atoms with Crippen LogP contribution >= 0.6 is 15.9 Å². The third-order valence-electron chi connectivity index (χ3n) is 3.40. The molecule has 0 amide bonds. The van der Waals surface area contributed by atoms with Crippen LogP contribution in [0.25, 0.3) is 0 Å². The third-order valence-corrected chi connectivity index (χ3v) is 4.02. The van der Waals surface area contributed by atoms with Crippen molar-refractivity contribution in [2.45, 2.75) is 25.7 Å². The predicted molar refractivity (Wildman–Crippen MR) is 74.3 cm³/mol. The highest BCUT2D eigenvalue weighted by Gasteiger charge is 2.43. The van der Waals surface area contributed by atoms with E-state index >= 15 is 0 Å². The van der Waals surface area contributed by atoms with Crippen LogP contribution in [0.5, 0.6) is 5.75 Å². The van der Waals surface area contributed by atoms with Gasteiger partial charge in [-0.15, -0.1) is 0 Å². The smallest absolute Gasteiger partial charge is 0.136 e. The van der Waals surface area contributed by atoms with E-state index in [1.165, 1.54) is 0 Å². The maximum Gasteiger partial charge on any atom is 0.136 e. The van der Waals surface area contributed by atoms with Crippen molar-refractivity contribution in [3.05, 3.63) is 28.2 Å². The van der Waals surface area contributed by atoms with Gasteiger partial charge < -0.3 is 10.5 Å². The van der Waals surface area contributed by atoms with E-state index in [0.29, 0.717) is 19.6 Å². The zero-order valence-electron chi connectivity index (χ0n) is 10.3. The molecule has 0 spiro atoms. The quantitative estimate of drug-likeness (QED) is 0.878. The molecule has 1 aliphatic rings. The van der Waals surface area contributed by atoms with Crippen LogP contribution in [-0.4, -0.2) is 13.2 Å². The highest BCUT2D eigenvalue weighted by Crippen LogP contribution is 2.49. The first-order chi connectivity index (χ1) is 8.71. The van der Waals surface area contributed by atoms with Crippen molar-refractivity contribution in [2.75, 3.05) is 13.2 Å². The average Bonchev–Trinajstić information content (AvgIpc) is 3.10. The third kappa shape index (κ3) is 3.04. The lowest BCUT2D eigenvalue weighted by Crippen LogP contribution is -2.14. The van der Waals surface area contributed by atoms with E-state index in [1.54, 1.807) is 0 Å². The van der Waals surface area contributed by atoms with Gasteiger partial charge in [-0.1, -0.05) is 12.1 Å². The molecule has 4 heteroatoms. The number of nitriles is 1. The van der Waals surface area contributed by atoms with Crippen LogP contribution in [0.3, 0.4) is 0 Å². The van der Waals surface area contributed by atoms with Crippen LogP contribution in [0.2, 0.25) is 0 Å². The number of nitrogens with zero attached hydrogens (tertiary/aromatic N) is 1. The molecule has 2 N–H and O–H groups in total. The SMILES string of the molecule is N#CCC1(COc2c(Br)cccc2CCN)CC1. The molecule has 96 valence electrons. The molecular formula is C14H17BrN2O. The summed E-state index contributed by atoms with van der Waals surface area (Å²) in [6, 6.07) is 8.25. The maximum atomic E-state index is 8.80. The largest absolute Gasteiger partial charge is 0.492 e. The first kappa shape index (κ1) is 13.4. The average molecular weight is 309 g/mol. The molecule has 1 fully saturated rings. The number of hydrogen-bond donors (Lipinski definition) is 1. The number of nitrogens with two attached hydrogens (primary N) is 1. The fourth-order valence-corrected chi connectivity index (χ4v) is 2.53. The number of hydrogen-bond acceptors (Lipinski definition) is 3. The Morgan fingerprint density at radius 3 is 2.83 bits per heavy atom. The molecule has 0 bridgehead atoms. The van der Waals surface area contributed by atoms with E-state index in [2.05, 4.69) is 22.0 Å². The lowest BCUT2D eigenvalue weighted by atomic mass is 10.1. The van der Waals surface area contributed by atoms with Crippen molar-refractivity contribution < 1.29 is 4.74 Å². The Morgan fingerprint density at radius 2 is 2.22 bits per heavy atom. The Labute approximate surface area is 116 Å². The van der Waals surface area contributed by atoms with Gasteiger partial charge in [0, 0.05) is 11.8 Å². The predicted octanol–water partition coefficient (Wildman–Crippen LogP) is 3.02. The van der Waals surface area contributed by atoms with E-state index in [4.69, 9.17) is 15.7 Å². The first-order valence-electron chi connectivity index (χ1n) is 6.18. The van der Waals surface area contributed by atoms with E-state index in [1.807, 2.05) is 18.2 Å². The maximum absolute atomic E-state index is 8.80. The Kier molecular flexibility index (Phi) is 4.26. The molecule has 1 aromatic carbocycles. The zero-order valence-corrected chi connectivity index (χ0v) is 11.9. The van der Waals surface area contributed by atoms with Gasteiger partial charge in [0.05, 0.1) is 17.1 Å². The summed E-state index contributed by atoms with van der Waals surface area (Å²) in [5.41, 5.74) is 6.83. The minimum Gasteiger partial charge on any atom is -0.492 e. The molecule has 0 atom stereocenters. The molecule has 0 saturated heterocycles. The normalized spacial score (nSPS) is 16.1. The summed E-state index contributed by atoms with van der Waals surface area (Å²) >= 11 is 3.51. The molecule has 0 aromatic heterocycles. The summed E-state index contributed by atoms with van der Waals surface area (Å²) in [6.45, 7) is 1.23. The van der Waals surface area contributed by atoms with Gasteiger partial charge in [-0.3, -0.25) is 0 Å². The van der Waals surface area contributed by atoms with Gasteiger partial charge in [-0.05, 0) is 53.4 Å². The summed E-state index contributed by atoms with van der Waals surface area (Å²) in [7, 11) is 0. The zero-order chi connectivity index (χ0) is 13.0. The molecule has 18 heavy (non-hydrogen) atoms. The van der Waals surface area contributed by atoms with Crippen LogP contribution in [-0.2, 0) is 6.42 Å². The summed E-state index contributed by atoms with van der Waals surface area (Å²) < 4.78 is 6.91. The molecule has 0 radical (unpaired) electrons. The molecule has 1 aliphatic carbocycles. The second-order valence-corrected chi connectivity index (χ2v) is 5.74. The van der Waals surface area contributed by atoms with Crippen LogP contribution in [0.15, 0.2) is 22.7 Å². The number of halogens is 1. The minimum atomic E-state index is 0.101. The molecule has 2 rings (SSSR count). The summed E-state index contributed by atoms with van der Waals surface area (Å²) in [5, 5.41) is 8.80. The minimum absolute atomic E-state index is 0.101. The number of rotatable bonds is 6. The van der Waals surface area contributed by atoms with Crippen molar-refractivity contribution in [1.82, 2.24) is 0 Å². The Morgan fingerprint density at radius 1 is 1.44 bits per heavy atom. The van der Waals surface area contributed by atoms with Crippen LogP contribution in [0.4, 0.5) is 0 Å². The summed E-state index contributed by atoms with van der Waals surface area (Å²) in [6.07, 6.45) is 3.58. The number of ether oxygens (including phenoxy) is 1. The summed E-state index contributed by atoms with van der Waals surface area (Å²) in [4.78, 5) is 0. The standard InChI is InChI=1S/C14H17BrN2O/c15-12-3-1-2-11(4-8-16)13(12)18-10-14(5-6-14)7-9-17/h1-3H,4-8,10,16H2. The fraction of sp³-hybridized carbons (Fsp3) is 0.500. The first-order valence-corrected chi connectivity index (χ1v) is 6.97. The Bertz CT molecular complexity index is 463. The summed E-state index contributed by atoms with van der Waals surface area (Å²) in [5.74, 6) is 0.882. The van der Waals surface area contributed by atoms with Crippen LogP contribution in [0.1, 0.15) is 24.8 Å². The number of para-hydroxylation sites is 1. The molecule has 1 saturated carbocycles. The van der Waals surface area contributed by atoms with Crippen molar-refractivity contribution in [2.24, 2.45) is 11.1 Å². The van der Waals surface area contributed by atoms with Gasteiger partial charge in [-0.25, -0.2) is 0 Å². The van der Waals surface area contributed by atoms with Gasteiger partial charge >= 0.3 is 0 Å². The second kappa shape index (κ2) is 5.73. The van der Waals surface area contributed by atoms with Crippen molar-refractivity contribution in [3.8, 4) is 11.8 Å². The fourth-order valence-electron chi connectivity index (χ4n) is 2.01. The van der Waals surface area contributed by atoms with Gasteiger partial charge in [0.15, 0.2) is 0 Å². The molecule has 0 heterocycles. The lowest BCUT2D eigenvalue weighted by Gasteiger charge is -2.17. The van der Waals surface area contributed by atoms with E-state index in [-0.39, 0.29) is 5.41 Å². The monoisotopic (exact) mass is 308 g/mol. The lowest BCUT2D eigenvalue weighted by molar-refractivity contribution is 0.233. The number of benzene rings is 1. The van der Waals surface area contributed by atoms with Gasteiger partial charge in [-0.2, -0.15) is 5.26 Å². The topological polar surface area (TPSA) is 59.0 Å². The van der Waals surface area contributed by atoms with Gasteiger partial charge in [0.2, 0.25) is 0 Å². The highest BCUT2D eigenvalue weighted by atomic mass is 79.9. The van der Waals surface area contributed by atoms with E-state index in [9.17, 15) is 0 Å². The van der Waals surface area contributed by atoms with Crippen molar-refractivity contribution >= 4 is 15.9 Å². The van der Waals surface area contributed by atoms with Crippen molar-refractivity contribution in [3.63, 3.8) is 0 Å². The molecule has 3 nitrogen and oxygen atoms in total. The molecule has 1 aromatic rings. The van der Waals surface area contributed by atoms with Crippen molar-refractivity contribution in [1.29, 1.82) is 5.26 Å². The van der Waals surface area contributed by atoms with E-state index in [0.717, 1.165) is 35.0 Å². The molecular weight excluding hydrogens is 292 g/mol. The highest BCUT2D eigenvalue weighted by molar-refractivity contribution is 9.10.